The molecule has 0 bridgehead atoms. The van der Waals surface area contributed by atoms with Gasteiger partial charge in [-0.25, -0.2) is 9.97 Å². The maximum Gasteiger partial charge on any atom is 0.134 e. The van der Waals surface area contributed by atoms with E-state index >= 15 is 0 Å². The third-order valence-corrected chi connectivity index (χ3v) is 3.90. The lowest BCUT2D eigenvalue weighted by Gasteiger charge is -2.19. The van der Waals surface area contributed by atoms with Crippen LogP contribution in [0.2, 0.25) is 0 Å². The predicted molar refractivity (Wildman–Crippen MR) is 80.0 cm³/mol. The van der Waals surface area contributed by atoms with E-state index in [0.29, 0.717) is 17.7 Å². The minimum absolute atomic E-state index is 0.523. The summed E-state index contributed by atoms with van der Waals surface area (Å²) in [4.78, 5) is 9.28. The lowest BCUT2D eigenvalue weighted by molar-refractivity contribution is 0.441. The minimum atomic E-state index is 0.523. The van der Waals surface area contributed by atoms with E-state index in [4.69, 9.17) is 10.7 Å². The Hall–Kier alpha value is -1.12. The summed E-state index contributed by atoms with van der Waals surface area (Å²) in [6.07, 6.45) is 10.2. The van der Waals surface area contributed by atoms with Gasteiger partial charge in [-0.1, -0.05) is 46.0 Å². The number of hydrogen-bond acceptors (Lipinski definition) is 3. The van der Waals surface area contributed by atoms with E-state index in [-0.39, 0.29) is 0 Å². The van der Waals surface area contributed by atoms with Crippen molar-refractivity contribution < 1.29 is 0 Å². The van der Waals surface area contributed by atoms with Gasteiger partial charge in [-0.05, 0) is 25.2 Å². The Kier molecular flexibility index (Phi) is 5.17. The second-order valence-corrected chi connectivity index (χ2v) is 6.28. The van der Waals surface area contributed by atoms with Crippen LogP contribution in [0.3, 0.4) is 0 Å². The van der Waals surface area contributed by atoms with Crippen molar-refractivity contribution in [2.24, 2.45) is 5.92 Å². The van der Waals surface area contributed by atoms with E-state index in [0.717, 1.165) is 17.9 Å². The van der Waals surface area contributed by atoms with Crippen LogP contribution < -0.4 is 5.73 Å². The number of nitrogens with zero attached hydrogens (tertiary/aromatic N) is 2. The molecule has 3 heteroatoms. The Morgan fingerprint density at radius 2 is 1.74 bits per heavy atom. The Balaban J connectivity index is 2.14. The van der Waals surface area contributed by atoms with E-state index < -0.39 is 0 Å². The van der Waals surface area contributed by atoms with Crippen LogP contribution in [0.25, 0.3) is 0 Å². The van der Waals surface area contributed by atoms with Gasteiger partial charge in [0.05, 0.1) is 0 Å². The molecule has 2 N–H and O–H groups in total. The largest absolute Gasteiger partial charge is 0.384 e. The van der Waals surface area contributed by atoms with Crippen LogP contribution in [0.4, 0.5) is 5.82 Å². The number of nitrogens with two attached hydrogens (primary N) is 1. The molecular weight excluding hydrogens is 234 g/mol. The summed E-state index contributed by atoms with van der Waals surface area (Å²) >= 11 is 0. The summed E-state index contributed by atoms with van der Waals surface area (Å²) in [5.41, 5.74) is 7.07. The minimum Gasteiger partial charge on any atom is -0.384 e. The van der Waals surface area contributed by atoms with E-state index in [1.807, 2.05) is 6.07 Å². The molecule has 1 aliphatic rings. The quantitative estimate of drug-likeness (QED) is 0.891. The van der Waals surface area contributed by atoms with Gasteiger partial charge in [0, 0.05) is 17.7 Å². The molecule has 0 aromatic carbocycles. The second-order valence-electron chi connectivity index (χ2n) is 6.28. The zero-order valence-corrected chi connectivity index (χ0v) is 12.4. The molecule has 0 spiro atoms. The number of aromatic nitrogens is 2. The van der Waals surface area contributed by atoms with Gasteiger partial charge in [-0.2, -0.15) is 0 Å². The molecule has 0 atom stereocenters. The molecule has 1 heterocycles. The van der Waals surface area contributed by atoms with Crippen LogP contribution in [0, 0.1) is 5.92 Å². The van der Waals surface area contributed by atoms with Crippen molar-refractivity contribution in [3.05, 3.63) is 17.6 Å². The highest BCUT2D eigenvalue weighted by Gasteiger charge is 2.17. The predicted octanol–water partition coefficient (Wildman–Crippen LogP) is 4.09. The first-order valence-electron chi connectivity index (χ1n) is 7.78. The Morgan fingerprint density at radius 3 is 2.37 bits per heavy atom. The number of anilines is 1. The second kappa shape index (κ2) is 6.88. The molecule has 0 radical (unpaired) electrons. The van der Waals surface area contributed by atoms with Crippen LogP contribution in [0.1, 0.15) is 76.2 Å². The zero-order valence-electron chi connectivity index (χ0n) is 12.4. The summed E-state index contributed by atoms with van der Waals surface area (Å²) in [5, 5.41) is 0. The first kappa shape index (κ1) is 14.3. The lowest BCUT2D eigenvalue weighted by Crippen LogP contribution is -2.11. The van der Waals surface area contributed by atoms with Crippen LogP contribution in [-0.2, 0) is 6.42 Å². The Labute approximate surface area is 117 Å². The smallest absolute Gasteiger partial charge is 0.134 e. The monoisotopic (exact) mass is 261 g/mol. The van der Waals surface area contributed by atoms with Crippen molar-refractivity contribution in [3.63, 3.8) is 0 Å². The molecule has 1 aromatic rings. The number of rotatable bonds is 3. The van der Waals surface area contributed by atoms with E-state index in [1.54, 1.807) is 0 Å². The first-order valence-corrected chi connectivity index (χ1v) is 7.78. The van der Waals surface area contributed by atoms with Crippen molar-refractivity contribution in [3.8, 4) is 0 Å². The van der Waals surface area contributed by atoms with Gasteiger partial charge >= 0.3 is 0 Å². The van der Waals surface area contributed by atoms with Gasteiger partial charge in [0.15, 0.2) is 0 Å². The highest BCUT2D eigenvalue weighted by atomic mass is 15.0. The van der Waals surface area contributed by atoms with Crippen molar-refractivity contribution in [2.45, 2.75) is 71.1 Å². The van der Waals surface area contributed by atoms with E-state index in [1.165, 1.54) is 44.9 Å². The maximum absolute atomic E-state index is 5.96. The highest BCUT2D eigenvalue weighted by Crippen LogP contribution is 2.29. The third-order valence-electron chi connectivity index (χ3n) is 3.90. The summed E-state index contributed by atoms with van der Waals surface area (Å²) < 4.78 is 0. The number of hydrogen-bond donors (Lipinski definition) is 1. The molecule has 0 unspecified atom stereocenters. The number of nitrogen functional groups attached to an aromatic ring is 1. The normalized spacial score (nSPS) is 18.3. The Morgan fingerprint density at radius 1 is 1.11 bits per heavy atom. The van der Waals surface area contributed by atoms with Crippen molar-refractivity contribution >= 4 is 5.82 Å². The topological polar surface area (TPSA) is 51.8 Å². The first-order chi connectivity index (χ1) is 9.15. The van der Waals surface area contributed by atoms with Gasteiger partial charge < -0.3 is 5.73 Å². The lowest BCUT2D eigenvalue weighted by atomic mass is 9.90. The van der Waals surface area contributed by atoms with Crippen LogP contribution in [-0.4, -0.2) is 9.97 Å². The fraction of sp³-hybridized carbons (Fsp3) is 0.750. The standard InChI is InChI=1S/C16H27N3/c1-12(2)10-14-11-15(17)19-16(18-14)13-8-6-4-3-5-7-9-13/h11-13H,3-10H2,1-2H3,(H2,17,18,19). The van der Waals surface area contributed by atoms with Crippen molar-refractivity contribution in [2.75, 3.05) is 5.73 Å². The molecule has 1 aromatic heterocycles. The molecule has 1 aliphatic carbocycles. The molecule has 2 rings (SSSR count). The molecule has 106 valence electrons. The summed E-state index contributed by atoms with van der Waals surface area (Å²) in [5.74, 6) is 2.77. The van der Waals surface area contributed by atoms with E-state index in [9.17, 15) is 0 Å². The molecule has 1 saturated carbocycles. The Bertz CT molecular complexity index is 393. The molecular formula is C16H27N3. The fourth-order valence-electron chi connectivity index (χ4n) is 2.96. The van der Waals surface area contributed by atoms with Crippen molar-refractivity contribution in [1.82, 2.24) is 9.97 Å². The zero-order chi connectivity index (χ0) is 13.7. The molecule has 19 heavy (non-hydrogen) atoms. The summed E-state index contributed by atoms with van der Waals surface area (Å²) in [7, 11) is 0. The van der Waals surface area contributed by atoms with Gasteiger partial charge in [0.2, 0.25) is 0 Å². The SMILES string of the molecule is CC(C)Cc1cc(N)nc(C2CCCCCCC2)n1. The molecule has 3 nitrogen and oxygen atoms in total. The fourth-order valence-corrected chi connectivity index (χ4v) is 2.96. The van der Waals surface area contributed by atoms with E-state index in [2.05, 4.69) is 18.8 Å². The summed E-state index contributed by atoms with van der Waals surface area (Å²) in [6, 6.07) is 1.94. The highest BCUT2D eigenvalue weighted by molar-refractivity contribution is 5.30. The van der Waals surface area contributed by atoms with Crippen molar-refractivity contribution in [1.29, 1.82) is 0 Å². The molecule has 0 aliphatic heterocycles. The molecule has 1 fully saturated rings. The average molecular weight is 261 g/mol. The van der Waals surface area contributed by atoms with Gasteiger partial charge in [0.1, 0.15) is 11.6 Å². The van der Waals surface area contributed by atoms with Gasteiger partial charge in [-0.3, -0.25) is 0 Å². The van der Waals surface area contributed by atoms with Gasteiger partial charge in [0.25, 0.3) is 0 Å². The maximum atomic E-state index is 5.96. The van der Waals surface area contributed by atoms with Gasteiger partial charge in [-0.15, -0.1) is 0 Å². The molecule has 0 saturated heterocycles. The van der Waals surface area contributed by atoms with Crippen LogP contribution >= 0.6 is 0 Å². The molecule has 0 amide bonds. The third kappa shape index (κ3) is 4.48. The van der Waals surface area contributed by atoms with Crippen LogP contribution in [0.15, 0.2) is 6.07 Å². The summed E-state index contributed by atoms with van der Waals surface area (Å²) in [6.45, 7) is 4.43. The van der Waals surface area contributed by atoms with Crippen LogP contribution in [0.5, 0.6) is 0 Å². The average Bonchev–Trinajstić information content (AvgIpc) is 2.26.